The maximum atomic E-state index is 10.5. The van der Waals surface area contributed by atoms with Gasteiger partial charge in [0.2, 0.25) is 0 Å². The molecular formula is C9H18O7P-. The zero-order valence-electron chi connectivity index (χ0n) is 9.98. The first-order valence-corrected chi connectivity index (χ1v) is 6.87. The lowest BCUT2D eigenvalue weighted by Gasteiger charge is -2.24. The Morgan fingerprint density at radius 3 is 2.59 bits per heavy atom. The standard InChI is InChI=1S/C9H19O7P/c1-5(2)15-9-7(4-14-17(11,12)13)16-6(3)8(9)10/h5-10H,4H2,1-3H3,(H2,11,12,13)/p-1/t6-,7+,8?,9-/m0/s1. The highest BCUT2D eigenvalue weighted by Crippen LogP contribution is 2.33. The first-order chi connectivity index (χ1) is 7.70. The topological polar surface area (TPSA) is 108 Å². The van der Waals surface area contributed by atoms with E-state index in [4.69, 9.17) is 14.4 Å². The number of phosphoric ester groups is 1. The molecule has 0 aliphatic carbocycles. The van der Waals surface area contributed by atoms with E-state index in [0.717, 1.165) is 0 Å². The maximum Gasteiger partial charge on any atom is 0.265 e. The van der Waals surface area contributed by atoms with Crippen molar-refractivity contribution in [3.05, 3.63) is 0 Å². The summed E-state index contributed by atoms with van der Waals surface area (Å²) in [4.78, 5) is 19.0. The molecule has 102 valence electrons. The quantitative estimate of drug-likeness (QED) is 0.642. The van der Waals surface area contributed by atoms with E-state index >= 15 is 0 Å². The molecule has 0 radical (unpaired) electrons. The zero-order chi connectivity index (χ0) is 13.2. The first kappa shape index (κ1) is 15.0. The Morgan fingerprint density at radius 1 is 1.53 bits per heavy atom. The third kappa shape index (κ3) is 4.63. The molecule has 2 unspecified atom stereocenters. The van der Waals surface area contributed by atoms with Gasteiger partial charge in [0, 0.05) is 0 Å². The van der Waals surface area contributed by atoms with Crippen LogP contribution in [0.3, 0.4) is 0 Å². The lowest BCUT2D eigenvalue weighted by Crippen LogP contribution is -2.38. The van der Waals surface area contributed by atoms with Crippen molar-refractivity contribution < 1.29 is 33.5 Å². The molecule has 1 saturated heterocycles. The van der Waals surface area contributed by atoms with Crippen LogP contribution in [0.15, 0.2) is 0 Å². The Kier molecular flexibility index (Phi) is 5.09. The average Bonchev–Trinajstić information content (AvgIpc) is 2.41. The number of aliphatic hydroxyl groups is 1. The summed E-state index contributed by atoms with van der Waals surface area (Å²) < 4.78 is 25.5. The molecule has 0 aromatic rings. The van der Waals surface area contributed by atoms with Gasteiger partial charge in [-0.25, -0.2) is 0 Å². The fourth-order valence-corrected chi connectivity index (χ4v) is 2.04. The molecule has 0 aromatic heterocycles. The Hall–Kier alpha value is -0.0100. The van der Waals surface area contributed by atoms with E-state index in [9.17, 15) is 14.6 Å². The summed E-state index contributed by atoms with van der Waals surface area (Å²) in [6.45, 7) is 4.85. The van der Waals surface area contributed by atoms with E-state index in [1.807, 2.05) is 0 Å². The van der Waals surface area contributed by atoms with Gasteiger partial charge in [0.1, 0.15) is 18.3 Å². The molecule has 0 saturated carbocycles. The van der Waals surface area contributed by atoms with Crippen molar-refractivity contribution in [2.75, 3.05) is 6.61 Å². The second-order valence-electron chi connectivity index (χ2n) is 4.28. The van der Waals surface area contributed by atoms with Crippen molar-refractivity contribution in [2.45, 2.75) is 51.3 Å². The molecule has 5 atom stereocenters. The Bertz CT molecular complexity index is 289. The number of rotatable bonds is 5. The fourth-order valence-electron chi connectivity index (χ4n) is 1.70. The summed E-state index contributed by atoms with van der Waals surface area (Å²) in [6, 6.07) is 0. The van der Waals surface area contributed by atoms with Gasteiger partial charge in [-0.15, -0.1) is 0 Å². The van der Waals surface area contributed by atoms with Crippen LogP contribution in [0, 0.1) is 0 Å². The molecule has 7 nitrogen and oxygen atoms in total. The van der Waals surface area contributed by atoms with Crippen LogP contribution in [-0.4, -0.2) is 47.1 Å². The van der Waals surface area contributed by atoms with Gasteiger partial charge in [-0.2, -0.15) is 0 Å². The molecule has 1 rings (SSSR count). The van der Waals surface area contributed by atoms with Crippen LogP contribution in [-0.2, 0) is 18.6 Å². The van der Waals surface area contributed by atoms with E-state index in [-0.39, 0.29) is 12.7 Å². The maximum absolute atomic E-state index is 10.5. The van der Waals surface area contributed by atoms with Gasteiger partial charge in [0.05, 0.1) is 18.8 Å². The zero-order valence-corrected chi connectivity index (χ0v) is 10.9. The van der Waals surface area contributed by atoms with Gasteiger partial charge in [0.15, 0.2) is 0 Å². The number of aliphatic hydroxyl groups excluding tert-OH is 1. The van der Waals surface area contributed by atoms with Gasteiger partial charge in [-0.3, -0.25) is 4.57 Å². The number of hydrogen-bond acceptors (Lipinski definition) is 6. The Labute approximate surface area is 99.9 Å². The van der Waals surface area contributed by atoms with Crippen molar-refractivity contribution in [3.8, 4) is 0 Å². The monoisotopic (exact) mass is 269 g/mol. The minimum absolute atomic E-state index is 0.140. The highest BCUT2D eigenvalue weighted by Gasteiger charge is 2.43. The summed E-state index contributed by atoms with van der Waals surface area (Å²) in [6.07, 6.45) is -2.86. The largest absolute Gasteiger partial charge is 0.756 e. The third-order valence-corrected chi connectivity index (χ3v) is 2.88. The molecule has 0 amide bonds. The normalized spacial score (nSPS) is 37.4. The summed E-state index contributed by atoms with van der Waals surface area (Å²) >= 11 is 0. The molecule has 1 aliphatic heterocycles. The van der Waals surface area contributed by atoms with Crippen LogP contribution in [0.25, 0.3) is 0 Å². The van der Waals surface area contributed by atoms with Gasteiger partial charge in [0.25, 0.3) is 7.82 Å². The van der Waals surface area contributed by atoms with Gasteiger partial charge >= 0.3 is 0 Å². The number of phosphoric acid groups is 1. The second kappa shape index (κ2) is 5.75. The van der Waals surface area contributed by atoms with Crippen LogP contribution in [0.2, 0.25) is 0 Å². The van der Waals surface area contributed by atoms with Gasteiger partial charge < -0.3 is 28.9 Å². The minimum Gasteiger partial charge on any atom is -0.756 e. The molecule has 0 bridgehead atoms. The van der Waals surface area contributed by atoms with Crippen molar-refractivity contribution >= 4 is 7.82 Å². The van der Waals surface area contributed by atoms with Crippen LogP contribution < -0.4 is 4.89 Å². The summed E-state index contributed by atoms with van der Waals surface area (Å²) in [5.74, 6) is 0. The first-order valence-electron chi connectivity index (χ1n) is 5.38. The van der Waals surface area contributed by atoms with Crippen molar-refractivity contribution in [3.63, 3.8) is 0 Å². The van der Waals surface area contributed by atoms with Crippen molar-refractivity contribution in [1.29, 1.82) is 0 Å². The second-order valence-corrected chi connectivity index (χ2v) is 5.48. The SMILES string of the molecule is CC(C)O[C@@H]1C(O)[C@H](C)O[C@@H]1COP(=O)([O-])O. The van der Waals surface area contributed by atoms with E-state index in [1.54, 1.807) is 20.8 Å². The molecule has 1 aliphatic rings. The molecular weight excluding hydrogens is 251 g/mol. The Morgan fingerprint density at radius 2 is 2.12 bits per heavy atom. The summed E-state index contributed by atoms with van der Waals surface area (Å²) in [5.41, 5.74) is 0. The molecule has 1 heterocycles. The van der Waals surface area contributed by atoms with Crippen LogP contribution >= 0.6 is 7.82 Å². The fraction of sp³-hybridized carbons (Fsp3) is 1.00. The summed E-state index contributed by atoms with van der Waals surface area (Å²) in [5, 5.41) is 9.79. The number of hydrogen-bond donors (Lipinski definition) is 2. The predicted octanol–water partition coefficient (Wildman–Crippen LogP) is -0.595. The minimum atomic E-state index is -4.79. The van der Waals surface area contributed by atoms with E-state index in [0.29, 0.717) is 0 Å². The van der Waals surface area contributed by atoms with Crippen molar-refractivity contribution in [2.24, 2.45) is 0 Å². The third-order valence-electron chi connectivity index (χ3n) is 2.40. The van der Waals surface area contributed by atoms with Crippen LogP contribution in [0.4, 0.5) is 0 Å². The lowest BCUT2D eigenvalue weighted by atomic mass is 10.1. The van der Waals surface area contributed by atoms with Crippen molar-refractivity contribution in [1.82, 2.24) is 0 Å². The van der Waals surface area contributed by atoms with E-state index in [1.165, 1.54) is 0 Å². The molecule has 2 N–H and O–H groups in total. The highest BCUT2D eigenvalue weighted by atomic mass is 31.2. The lowest BCUT2D eigenvalue weighted by molar-refractivity contribution is -0.223. The molecule has 1 fully saturated rings. The molecule has 17 heavy (non-hydrogen) atoms. The average molecular weight is 269 g/mol. The number of ether oxygens (including phenoxy) is 2. The van der Waals surface area contributed by atoms with Crippen LogP contribution in [0.1, 0.15) is 20.8 Å². The summed E-state index contributed by atoms with van der Waals surface area (Å²) in [7, 11) is -4.79. The molecule has 0 spiro atoms. The van der Waals surface area contributed by atoms with E-state index in [2.05, 4.69) is 4.52 Å². The van der Waals surface area contributed by atoms with E-state index < -0.39 is 32.2 Å². The smallest absolute Gasteiger partial charge is 0.265 e. The molecule has 0 aromatic carbocycles. The van der Waals surface area contributed by atoms with Gasteiger partial charge in [-0.05, 0) is 20.8 Å². The predicted molar refractivity (Wildman–Crippen MR) is 56.1 cm³/mol. The van der Waals surface area contributed by atoms with Crippen LogP contribution in [0.5, 0.6) is 0 Å². The molecule has 8 heteroatoms. The van der Waals surface area contributed by atoms with Gasteiger partial charge in [-0.1, -0.05) is 0 Å². The highest BCUT2D eigenvalue weighted by molar-refractivity contribution is 7.44. The Balaban J connectivity index is 2.59.